The zero-order chi connectivity index (χ0) is 16.6. The molecule has 1 aromatic carbocycles. The van der Waals surface area contributed by atoms with Gasteiger partial charge in [-0.25, -0.2) is 0 Å². The lowest BCUT2D eigenvalue weighted by atomic mass is 9.86. The van der Waals surface area contributed by atoms with Crippen molar-refractivity contribution in [2.45, 2.75) is 58.9 Å². The molecule has 3 heteroatoms. The van der Waals surface area contributed by atoms with Crippen molar-refractivity contribution in [1.29, 1.82) is 0 Å². The molecule has 2 aromatic rings. The minimum atomic E-state index is 0.182. The number of aliphatic imine (C=N–C) groups is 1. The molecule has 1 aliphatic heterocycles. The van der Waals surface area contributed by atoms with E-state index in [-0.39, 0.29) is 5.41 Å². The van der Waals surface area contributed by atoms with Crippen LogP contribution in [-0.4, -0.2) is 22.5 Å². The van der Waals surface area contributed by atoms with Crippen LogP contribution in [0.3, 0.4) is 0 Å². The van der Waals surface area contributed by atoms with Gasteiger partial charge in [0.2, 0.25) is 0 Å². The summed E-state index contributed by atoms with van der Waals surface area (Å²) in [4.78, 5) is 4.44. The van der Waals surface area contributed by atoms with Crippen molar-refractivity contribution in [3.8, 4) is 11.3 Å². The van der Waals surface area contributed by atoms with E-state index in [0.29, 0.717) is 6.04 Å². The summed E-state index contributed by atoms with van der Waals surface area (Å²) in [5, 5.41) is 4.88. The van der Waals surface area contributed by atoms with E-state index in [4.69, 9.17) is 5.10 Å². The van der Waals surface area contributed by atoms with Crippen molar-refractivity contribution in [1.82, 2.24) is 9.78 Å². The Morgan fingerprint density at radius 3 is 2.39 bits per heavy atom. The Morgan fingerprint density at radius 2 is 1.78 bits per heavy atom. The first kappa shape index (κ1) is 16.0. The number of hydrogen-bond acceptors (Lipinski definition) is 2. The molecule has 0 saturated heterocycles. The number of hydrogen-bond donors (Lipinski definition) is 0. The molecule has 1 aromatic heterocycles. The Kier molecular flexibility index (Phi) is 4.13. The molecule has 0 bridgehead atoms. The first-order chi connectivity index (χ1) is 10.9. The molecular formula is C20H27N3. The third-order valence-corrected chi connectivity index (χ3v) is 4.51. The highest BCUT2D eigenvalue weighted by Gasteiger charge is 2.21. The minimum absolute atomic E-state index is 0.182. The summed E-state index contributed by atoms with van der Waals surface area (Å²) in [5.74, 6) is 0. The van der Waals surface area contributed by atoms with Crippen molar-refractivity contribution in [3.63, 3.8) is 0 Å². The predicted octanol–water partition coefficient (Wildman–Crippen LogP) is 4.60. The highest BCUT2D eigenvalue weighted by Crippen LogP contribution is 2.32. The third kappa shape index (κ3) is 3.10. The van der Waals surface area contributed by atoms with Gasteiger partial charge in [-0.15, -0.1) is 0 Å². The second-order valence-corrected chi connectivity index (χ2v) is 7.68. The summed E-state index contributed by atoms with van der Waals surface area (Å²) in [6.45, 7) is 12.0. The Labute approximate surface area is 139 Å². The smallest absolute Gasteiger partial charge is 0.0721 e. The van der Waals surface area contributed by atoms with Gasteiger partial charge in [0.05, 0.1) is 11.4 Å². The van der Waals surface area contributed by atoms with Crippen molar-refractivity contribution in [3.05, 3.63) is 41.1 Å². The van der Waals surface area contributed by atoms with Crippen LogP contribution in [0, 0.1) is 0 Å². The van der Waals surface area contributed by atoms with Crippen LogP contribution in [0.4, 0.5) is 0 Å². The van der Waals surface area contributed by atoms with Gasteiger partial charge in [0, 0.05) is 36.3 Å². The van der Waals surface area contributed by atoms with Gasteiger partial charge in [0.1, 0.15) is 0 Å². The fourth-order valence-corrected chi connectivity index (χ4v) is 3.17. The van der Waals surface area contributed by atoms with Gasteiger partial charge in [0.15, 0.2) is 0 Å². The van der Waals surface area contributed by atoms with Gasteiger partial charge < -0.3 is 0 Å². The molecule has 0 amide bonds. The number of fused-ring (bicyclic) bond motifs is 1. The molecule has 0 fully saturated rings. The number of rotatable bonds is 2. The normalized spacial score (nSPS) is 14.9. The zero-order valence-electron chi connectivity index (χ0n) is 14.9. The second-order valence-electron chi connectivity index (χ2n) is 7.68. The third-order valence-electron chi connectivity index (χ3n) is 4.51. The molecule has 0 spiro atoms. The monoisotopic (exact) mass is 309 g/mol. The first-order valence-electron chi connectivity index (χ1n) is 8.57. The van der Waals surface area contributed by atoms with Gasteiger partial charge in [-0.1, -0.05) is 45.0 Å². The molecule has 0 N–H and O–H groups in total. The topological polar surface area (TPSA) is 30.2 Å². The van der Waals surface area contributed by atoms with E-state index in [1.807, 2.05) is 6.21 Å². The van der Waals surface area contributed by atoms with Crippen molar-refractivity contribution in [2.75, 3.05) is 6.54 Å². The van der Waals surface area contributed by atoms with Crippen LogP contribution >= 0.6 is 0 Å². The Balaban J connectivity index is 2.10. The quantitative estimate of drug-likeness (QED) is 0.797. The lowest BCUT2D eigenvalue weighted by Crippen LogP contribution is -2.11. The average molecular weight is 309 g/mol. The van der Waals surface area contributed by atoms with Gasteiger partial charge in [-0.05, 0) is 31.2 Å². The van der Waals surface area contributed by atoms with E-state index in [9.17, 15) is 0 Å². The molecule has 3 nitrogen and oxygen atoms in total. The van der Waals surface area contributed by atoms with Gasteiger partial charge in [-0.3, -0.25) is 9.67 Å². The SMILES string of the molecule is CC(C)n1nc2c(c1-c1ccc(C(C)(C)C)cc1)CCN=CC2. The summed E-state index contributed by atoms with van der Waals surface area (Å²) >= 11 is 0. The van der Waals surface area contributed by atoms with Crippen LogP contribution in [0.2, 0.25) is 0 Å². The van der Waals surface area contributed by atoms with Crippen LogP contribution in [0.25, 0.3) is 11.3 Å². The molecule has 0 saturated carbocycles. The Hall–Kier alpha value is -1.90. The molecule has 23 heavy (non-hydrogen) atoms. The van der Waals surface area contributed by atoms with Crippen LogP contribution in [-0.2, 0) is 18.3 Å². The largest absolute Gasteiger partial charge is 0.297 e. The number of nitrogens with zero attached hydrogens (tertiary/aromatic N) is 3. The van der Waals surface area contributed by atoms with Crippen LogP contribution in [0.1, 0.15) is 57.5 Å². The molecule has 0 atom stereocenters. The minimum Gasteiger partial charge on any atom is -0.297 e. The maximum atomic E-state index is 4.88. The first-order valence-corrected chi connectivity index (χ1v) is 8.57. The van der Waals surface area contributed by atoms with E-state index in [0.717, 1.165) is 19.4 Å². The van der Waals surface area contributed by atoms with Crippen LogP contribution in [0.15, 0.2) is 29.3 Å². The maximum Gasteiger partial charge on any atom is 0.0721 e. The summed E-state index contributed by atoms with van der Waals surface area (Å²) in [7, 11) is 0. The van der Waals surface area contributed by atoms with E-state index in [2.05, 4.69) is 68.6 Å². The fraction of sp³-hybridized carbons (Fsp3) is 0.500. The molecule has 3 rings (SSSR count). The lowest BCUT2D eigenvalue weighted by Gasteiger charge is -2.20. The van der Waals surface area contributed by atoms with E-state index >= 15 is 0 Å². The standard InChI is InChI=1S/C20H27N3/c1-14(2)23-19(17-10-12-21-13-11-18(17)22-23)15-6-8-16(9-7-15)20(3,4)5/h6-9,13-14H,10-12H2,1-5H3. The van der Waals surface area contributed by atoms with Gasteiger partial charge in [-0.2, -0.15) is 5.10 Å². The second kappa shape index (κ2) is 5.95. The van der Waals surface area contributed by atoms with Crippen LogP contribution < -0.4 is 0 Å². The molecular weight excluding hydrogens is 282 g/mol. The van der Waals surface area contributed by atoms with Gasteiger partial charge >= 0.3 is 0 Å². The Bertz CT molecular complexity index is 713. The highest BCUT2D eigenvalue weighted by atomic mass is 15.3. The molecule has 122 valence electrons. The summed E-state index contributed by atoms with van der Waals surface area (Å²) in [5.41, 5.74) is 6.66. The molecule has 1 aliphatic rings. The average Bonchev–Trinajstić information content (AvgIpc) is 2.70. The molecule has 0 unspecified atom stereocenters. The molecule has 0 aliphatic carbocycles. The van der Waals surface area contributed by atoms with E-state index in [1.54, 1.807) is 0 Å². The van der Waals surface area contributed by atoms with Crippen molar-refractivity contribution >= 4 is 6.21 Å². The lowest BCUT2D eigenvalue weighted by molar-refractivity contribution is 0.534. The summed E-state index contributed by atoms with van der Waals surface area (Å²) in [6, 6.07) is 9.38. The fourth-order valence-electron chi connectivity index (χ4n) is 3.17. The number of benzene rings is 1. The molecule has 2 heterocycles. The van der Waals surface area contributed by atoms with E-state index in [1.165, 1.54) is 28.1 Å². The van der Waals surface area contributed by atoms with Crippen LogP contribution in [0.5, 0.6) is 0 Å². The predicted molar refractivity (Wildman–Crippen MR) is 97.5 cm³/mol. The zero-order valence-corrected chi connectivity index (χ0v) is 14.9. The van der Waals surface area contributed by atoms with Gasteiger partial charge in [0.25, 0.3) is 0 Å². The summed E-state index contributed by atoms with van der Waals surface area (Å²) < 4.78 is 2.19. The van der Waals surface area contributed by atoms with Crippen molar-refractivity contribution < 1.29 is 0 Å². The maximum absolute atomic E-state index is 4.88. The summed E-state index contributed by atoms with van der Waals surface area (Å²) in [6.07, 6.45) is 3.84. The number of aromatic nitrogens is 2. The Morgan fingerprint density at radius 1 is 1.09 bits per heavy atom. The van der Waals surface area contributed by atoms with Crippen molar-refractivity contribution in [2.24, 2.45) is 4.99 Å². The van der Waals surface area contributed by atoms with E-state index < -0.39 is 0 Å². The molecule has 0 radical (unpaired) electrons. The highest BCUT2D eigenvalue weighted by molar-refractivity contribution is 5.70.